The van der Waals surface area contributed by atoms with Crippen molar-refractivity contribution in [3.8, 4) is 5.75 Å². The van der Waals surface area contributed by atoms with Gasteiger partial charge in [0.2, 0.25) is 41.4 Å². The molecule has 27 heteroatoms. The van der Waals surface area contributed by atoms with E-state index in [0.29, 0.717) is 21.9 Å². The number of esters is 2. The van der Waals surface area contributed by atoms with E-state index in [1.54, 1.807) is 58.0 Å². The average molecular weight is 1220 g/mol. The van der Waals surface area contributed by atoms with E-state index in [9.17, 15) is 61.5 Å². The number of ether oxygens (including phenoxy) is 4. The number of hydrogen-bond donors (Lipinski definition) is 8. The summed E-state index contributed by atoms with van der Waals surface area (Å²) < 4.78 is 54.0. The average Bonchev–Trinajstić information content (AvgIpc) is 3.21. The molecule has 8 atom stereocenters. The van der Waals surface area contributed by atoms with Crippen molar-refractivity contribution in [3.63, 3.8) is 0 Å². The third-order valence-electron chi connectivity index (χ3n) is 13.9. The second-order valence-corrected chi connectivity index (χ2v) is 24.2. The van der Waals surface area contributed by atoms with Crippen molar-refractivity contribution in [1.82, 2.24) is 36.8 Å². The van der Waals surface area contributed by atoms with Gasteiger partial charge in [-0.05, 0) is 73.9 Å². The largest absolute Gasteiger partial charge is 0.495 e. The predicted molar refractivity (Wildman–Crippen MR) is 305 cm³/mol. The lowest BCUT2D eigenvalue weighted by Gasteiger charge is -2.29. The molecular weight excluding hydrogens is 1140 g/mol. The molecule has 0 spiro atoms. The summed E-state index contributed by atoms with van der Waals surface area (Å²) >= 11 is 6.37. The monoisotopic (exact) mass is 1220 g/mol. The number of nitrogens with zero attached hydrogens (tertiary/aromatic N) is 1. The predicted octanol–water partition coefficient (Wildman–Crippen LogP) is 2.86. The first kappa shape index (κ1) is 69.3. The number of halogens is 1. The normalized spacial score (nSPS) is 20.8. The van der Waals surface area contributed by atoms with E-state index >= 15 is 0 Å². The van der Waals surface area contributed by atoms with Crippen molar-refractivity contribution in [2.45, 2.75) is 149 Å². The zero-order valence-electron chi connectivity index (χ0n) is 48.8. The topological polar surface area (TPSA) is 361 Å². The van der Waals surface area contributed by atoms with Gasteiger partial charge in [-0.15, -0.1) is 0 Å². The molecule has 464 valence electrons. The van der Waals surface area contributed by atoms with Gasteiger partial charge in [-0.2, -0.15) is 8.42 Å². The molecule has 0 radical (unpaired) electrons. The van der Waals surface area contributed by atoms with Gasteiger partial charge in [0.1, 0.15) is 36.1 Å². The highest BCUT2D eigenvalue weighted by atomic mass is 35.5. The third-order valence-corrected chi connectivity index (χ3v) is 14.9. The number of cyclic esters (lactones) is 2. The smallest absolute Gasteiger partial charge is 0.347 e. The molecule has 0 bridgehead atoms. The van der Waals surface area contributed by atoms with E-state index < -0.39 is 148 Å². The summed E-state index contributed by atoms with van der Waals surface area (Å²) in [7, 11) is -2.85. The number of carboxylic acids is 1. The number of epoxide rings is 1. The summed E-state index contributed by atoms with van der Waals surface area (Å²) in [5, 5.41) is 25.3. The third kappa shape index (κ3) is 23.1. The summed E-state index contributed by atoms with van der Waals surface area (Å²) in [6.07, 6.45) is -1.52. The van der Waals surface area contributed by atoms with Gasteiger partial charge < -0.3 is 60.9 Å². The van der Waals surface area contributed by atoms with Crippen LogP contribution in [0, 0.1) is 23.2 Å². The minimum Gasteiger partial charge on any atom is -0.495 e. The van der Waals surface area contributed by atoms with Gasteiger partial charge in [0, 0.05) is 70.7 Å². The molecule has 2 aliphatic rings. The lowest BCUT2D eigenvalue weighted by atomic mass is 9.92. The number of carboxylic acid groups (broad SMARTS) is 1. The Morgan fingerprint density at radius 2 is 1.52 bits per heavy atom. The van der Waals surface area contributed by atoms with Crippen LogP contribution >= 0.6 is 11.6 Å². The van der Waals surface area contributed by atoms with E-state index in [0.717, 1.165) is 10.5 Å². The Bertz CT molecular complexity index is 2830. The number of benzene rings is 2. The van der Waals surface area contributed by atoms with Crippen LogP contribution in [0.4, 0.5) is 0 Å². The SMILES string of the molecule is COc1ccc(C[C@H]2NC(=O)/C=C/C[C@@H]([C@H](C)[C@H]3O[C@@H]3c3ccc(CNC(=O)[C@H](C)NC(=O)[C@@H](NC(=O)CCN(CCC(=O)O)C(=O)CCC(=O)NCCS(=O)(=O)O)C(C)C)cc3)OC(=O)[C@H](CC(C)C)OC(=O)C(C)(C)CNC2=O)cc1Cl. The molecule has 0 unspecified atom stereocenters. The number of aliphatic carboxylic acids is 1. The maximum atomic E-state index is 14.0. The molecule has 25 nitrogen and oxygen atoms in total. The molecule has 1 saturated heterocycles. The van der Waals surface area contributed by atoms with E-state index in [-0.39, 0.29) is 70.6 Å². The molecular formula is C57H80ClN7O18S. The van der Waals surface area contributed by atoms with Gasteiger partial charge in [-0.3, -0.25) is 47.7 Å². The van der Waals surface area contributed by atoms with Crippen LogP contribution in [-0.2, 0) is 85.2 Å². The van der Waals surface area contributed by atoms with Gasteiger partial charge in [0.15, 0.2) is 6.10 Å². The Morgan fingerprint density at radius 1 is 0.857 bits per heavy atom. The Hall–Kier alpha value is -7.16. The molecule has 8 N–H and O–H groups in total. The molecule has 0 aromatic heterocycles. The van der Waals surface area contributed by atoms with Gasteiger partial charge in [-0.25, -0.2) is 4.79 Å². The van der Waals surface area contributed by atoms with Crippen LogP contribution in [0.2, 0.25) is 5.02 Å². The Morgan fingerprint density at radius 3 is 2.14 bits per heavy atom. The number of rotatable bonds is 27. The van der Waals surface area contributed by atoms with Gasteiger partial charge in [0.25, 0.3) is 10.1 Å². The summed E-state index contributed by atoms with van der Waals surface area (Å²) in [5.74, 6) is -8.38. The zero-order chi connectivity index (χ0) is 62.6. The highest BCUT2D eigenvalue weighted by molar-refractivity contribution is 7.85. The van der Waals surface area contributed by atoms with Crippen LogP contribution in [0.1, 0.15) is 117 Å². The molecule has 2 aromatic carbocycles. The van der Waals surface area contributed by atoms with Crippen molar-refractivity contribution >= 4 is 81.0 Å². The number of amides is 7. The van der Waals surface area contributed by atoms with Crippen LogP contribution in [0.15, 0.2) is 54.6 Å². The van der Waals surface area contributed by atoms with E-state index in [1.807, 2.05) is 32.9 Å². The Kier molecular flexibility index (Phi) is 26.6. The first-order valence-electron chi connectivity index (χ1n) is 27.7. The second kappa shape index (κ2) is 32.2. The number of carbonyl (C=O) groups excluding carboxylic acids is 9. The van der Waals surface area contributed by atoms with E-state index in [4.69, 9.17) is 35.1 Å². The second-order valence-electron chi connectivity index (χ2n) is 22.2. The molecule has 2 aliphatic heterocycles. The highest BCUT2D eigenvalue weighted by Gasteiger charge is 2.48. The first-order valence-corrected chi connectivity index (χ1v) is 29.7. The summed E-state index contributed by atoms with van der Waals surface area (Å²) in [4.78, 5) is 132. The van der Waals surface area contributed by atoms with Crippen LogP contribution in [0.5, 0.6) is 5.75 Å². The van der Waals surface area contributed by atoms with Crippen molar-refractivity contribution in [1.29, 1.82) is 0 Å². The molecule has 1 fully saturated rings. The lowest BCUT2D eigenvalue weighted by molar-refractivity contribution is -0.179. The molecule has 0 saturated carbocycles. The maximum absolute atomic E-state index is 14.0. The van der Waals surface area contributed by atoms with Crippen LogP contribution < -0.4 is 36.6 Å². The molecule has 4 rings (SSSR count). The minimum absolute atomic E-state index is 0.0517. The van der Waals surface area contributed by atoms with E-state index in [1.165, 1.54) is 26.2 Å². The van der Waals surface area contributed by atoms with Gasteiger partial charge >= 0.3 is 17.9 Å². The lowest BCUT2D eigenvalue weighted by Crippen LogP contribution is -2.54. The van der Waals surface area contributed by atoms with Crippen molar-refractivity contribution in [2.75, 3.05) is 39.0 Å². The number of methoxy groups -OCH3 is 1. The molecule has 7 amide bonds. The minimum atomic E-state index is -4.32. The summed E-state index contributed by atoms with van der Waals surface area (Å²) in [5.41, 5.74) is 0.818. The Labute approximate surface area is 494 Å². The van der Waals surface area contributed by atoms with Crippen molar-refractivity contribution in [3.05, 3.63) is 76.3 Å². The van der Waals surface area contributed by atoms with Gasteiger partial charge in [0.05, 0.1) is 35.8 Å². The quantitative estimate of drug-likeness (QED) is 0.0362. The van der Waals surface area contributed by atoms with Crippen LogP contribution in [0.3, 0.4) is 0 Å². The molecule has 84 heavy (non-hydrogen) atoms. The molecule has 2 aromatic rings. The fourth-order valence-corrected chi connectivity index (χ4v) is 9.39. The van der Waals surface area contributed by atoms with Crippen LogP contribution in [0.25, 0.3) is 0 Å². The maximum Gasteiger partial charge on any atom is 0.347 e. The summed E-state index contributed by atoms with van der Waals surface area (Å²) in [6.45, 7) is 12.5. The molecule has 0 aliphatic carbocycles. The zero-order valence-corrected chi connectivity index (χ0v) is 50.4. The van der Waals surface area contributed by atoms with Crippen molar-refractivity contribution in [2.24, 2.45) is 23.2 Å². The summed E-state index contributed by atoms with van der Waals surface area (Å²) in [6, 6.07) is 8.97. The number of hydrogen-bond acceptors (Lipinski definition) is 16. The standard InChI is InChI=1S/C57H80ClN7O18S/c1-32(2)27-43-55(75)81-41(11-10-12-45(67)63-40(29-37-15-18-42(80-9)39(58)28-37)53(73)61-31-57(7,8)56(76)82-43)34(5)50-51(83-50)38-16-13-36(14-17-38)30-60-52(72)35(6)62-54(74)49(33(3)4)64-46(68)21-24-65(25-22-48(70)71)47(69)20-19-44(66)59-23-26-84(77,78)79/h10,12-18,28,32-35,40-41,43,49-51H,11,19-27,29-31H2,1-9H3,(H,59,66)(H,60,72)(H,61,73)(H,62,74)(H,63,67)(H,64,68)(H,70,71)(H,77,78,79)/b12-10+/t34-,35-,40+,41-,43-,49-,50+,51+/m0/s1. The number of carbonyl (C=O) groups is 10. The van der Waals surface area contributed by atoms with E-state index in [2.05, 4.69) is 31.9 Å². The molecule has 2 heterocycles. The Balaban J connectivity index is 1.36. The first-order chi connectivity index (χ1) is 39.4. The fraction of sp³-hybridized carbons (Fsp3) is 0.579. The number of nitrogens with one attached hydrogen (secondary N) is 6. The van der Waals surface area contributed by atoms with Gasteiger partial charge in [-0.1, -0.05) is 82.6 Å². The highest BCUT2D eigenvalue weighted by Crippen LogP contribution is 2.45. The van der Waals surface area contributed by atoms with Crippen LogP contribution in [-0.4, -0.2) is 158 Å². The van der Waals surface area contributed by atoms with Crippen molar-refractivity contribution < 1.29 is 85.0 Å². The fourth-order valence-electron chi connectivity index (χ4n) is 8.75.